The van der Waals surface area contributed by atoms with E-state index in [4.69, 9.17) is 0 Å². The second-order valence-corrected chi connectivity index (χ2v) is 9.87. The fourth-order valence-electron chi connectivity index (χ4n) is 5.61. The van der Waals surface area contributed by atoms with Gasteiger partial charge >= 0.3 is 0 Å². The lowest BCUT2D eigenvalue weighted by molar-refractivity contribution is -0.00726. The average molecular weight is 397 g/mol. The van der Waals surface area contributed by atoms with Crippen molar-refractivity contribution in [1.82, 2.24) is 9.80 Å². The van der Waals surface area contributed by atoms with Crippen LogP contribution in [0.3, 0.4) is 0 Å². The van der Waals surface area contributed by atoms with Gasteiger partial charge in [0.25, 0.3) is 5.91 Å². The maximum atomic E-state index is 13.3. The van der Waals surface area contributed by atoms with E-state index >= 15 is 0 Å². The van der Waals surface area contributed by atoms with E-state index in [0.717, 1.165) is 37.4 Å². The second kappa shape index (κ2) is 6.60. The van der Waals surface area contributed by atoms with E-state index in [-0.39, 0.29) is 17.4 Å². The quantitative estimate of drug-likeness (QED) is 0.853. The van der Waals surface area contributed by atoms with Gasteiger partial charge in [0.1, 0.15) is 5.75 Å². The van der Waals surface area contributed by atoms with Crippen molar-refractivity contribution in [1.29, 1.82) is 0 Å². The molecule has 1 N–H and O–H groups in total. The van der Waals surface area contributed by atoms with E-state index in [1.807, 2.05) is 40.9 Å². The first-order valence-electron chi connectivity index (χ1n) is 10.3. The minimum absolute atomic E-state index is 0.111. The average Bonchev–Trinajstić information content (AvgIpc) is 3.33. The normalized spacial score (nSPS) is 29.4. The summed E-state index contributed by atoms with van der Waals surface area (Å²) < 4.78 is 0. The van der Waals surface area contributed by atoms with Crippen LogP contribution < -0.4 is 0 Å². The molecule has 5 rings (SSSR count). The van der Waals surface area contributed by atoms with Gasteiger partial charge < -0.3 is 10.0 Å². The largest absolute Gasteiger partial charge is 0.508 e. The summed E-state index contributed by atoms with van der Waals surface area (Å²) in [5, 5.41) is 14.1. The number of aromatic hydroxyl groups is 1. The number of phenols is 1. The summed E-state index contributed by atoms with van der Waals surface area (Å²) in [4.78, 5) is 17.9. The van der Waals surface area contributed by atoms with Crippen LogP contribution in [0.1, 0.15) is 47.7 Å². The van der Waals surface area contributed by atoms with Crippen LogP contribution in [-0.4, -0.2) is 53.0 Å². The summed E-state index contributed by atoms with van der Waals surface area (Å²) >= 11 is 1.57. The van der Waals surface area contributed by atoms with Crippen molar-refractivity contribution < 1.29 is 9.90 Å². The Balaban J connectivity index is 1.57. The first-order valence-corrected chi connectivity index (χ1v) is 11.3. The molecule has 2 aliphatic carbocycles. The van der Waals surface area contributed by atoms with Crippen molar-refractivity contribution in [2.45, 2.75) is 50.1 Å². The zero-order valence-corrected chi connectivity index (χ0v) is 17.4. The molecule has 148 valence electrons. The van der Waals surface area contributed by atoms with Crippen LogP contribution in [0.25, 0.3) is 0 Å². The third-order valence-corrected chi connectivity index (χ3v) is 7.92. The Morgan fingerprint density at radius 2 is 2.18 bits per heavy atom. The fraction of sp³-hybridized carbons (Fsp3) is 0.522. The molecule has 2 heterocycles. The van der Waals surface area contributed by atoms with Gasteiger partial charge in [-0.2, -0.15) is 11.3 Å². The van der Waals surface area contributed by atoms with E-state index in [9.17, 15) is 9.90 Å². The SMILES string of the molecule is CN(C(=O)c1ccsc1)C1C2Cc3ccc(O)cc3C1(C)CCN2CC1CC1. The van der Waals surface area contributed by atoms with Crippen molar-refractivity contribution in [2.75, 3.05) is 20.1 Å². The van der Waals surface area contributed by atoms with Crippen LogP contribution in [0.2, 0.25) is 0 Å². The third kappa shape index (κ3) is 2.87. The summed E-state index contributed by atoms with van der Waals surface area (Å²) in [5.74, 6) is 1.27. The van der Waals surface area contributed by atoms with Gasteiger partial charge in [-0.25, -0.2) is 0 Å². The van der Waals surface area contributed by atoms with Gasteiger partial charge in [0.2, 0.25) is 0 Å². The highest BCUT2D eigenvalue weighted by molar-refractivity contribution is 7.08. The van der Waals surface area contributed by atoms with E-state index in [1.165, 1.54) is 24.0 Å². The number of piperidine rings is 1. The highest BCUT2D eigenvalue weighted by Crippen LogP contribution is 2.48. The summed E-state index contributed by atoms with van der Waals surface area (Å²) in [6.45, 7) is 4.53. The standard InChI is InChI=1S/C23H28N2O2S/c1-23-8-9-25(13-15-3-4-15)20(11-16-5-6-18(26)12-19(16)23)21(23)24(2)22(27)17-7-10-28-14-17/h5-7,10,12,14-15,20-21,26H,3-4,8-9,11,13H2,1-2H3. The van der Waals surface area contributed by atoms with E-state index in [1.54, 1.807) is 11.3 Å². The maximum absolute atomic E-state index is 13.3. The Bertz CT molecular complexity index is 892. The Hall–Kier alpha value is -1.85. The van der Waals surface area contributed by atoms with Crippen LogP contribution in [0, 0.1) is 5.92 Å². The Morgan fingerprint density at radius 3 is 2.89 bits per heavy atom. The lowest BCUT2D eigenvalue weighted by Gasteiger charge is -2.58. The zero-order chi connectivity index (χ0) is 19.5. The molecule has 3 aliphatic rings. The molecule has 1 aromatic heterocycles. The minimum atomic E-state index is -0.141. The van der Waals surface area contributed by atoms with E-state index < -0.39 is 0 Å². The lowest BCUT2D eigenvalue weighted by Crippen LogP contribution is -2.68. The van der Waals surface area contributed by atoms with Crippen LogP contribution in [-0.2, 0) is 11.8 Å². The molecule has 1 saturated carbocycles. The van der Waals surface area contributed by atoms with Crippen molar-refractivity contribution in [3.05, 3.63) is 51.7 Å². The van der Waals surface area contributed by atoms with Crippen LogP contribution >= 0.6 is 11.3 Å². The highest BCUT2D eigenvalue weighted by atomic mass is 32.1. The number of carbonyl (C=O) groups excluding carboxylic acids is 1. The first-order chi connectivity index (χ1) is 13.5. The number of hydrogen-bond acceptors (Lipinski definition) is 4. The van der Waals surface area contributed by atoms with Crippen LogP contribution in [0.5, 0.6) is 5.75 Å². The molecule has 5 heteroatoms. The summed E-state index contributed by atoms with van der Waals surface area (Å²) in [7, 11) is 1.98. The molecular formula is C23H28N2O2S. The van der Waals surface area contributed by atoms with Gasteiger partial charge in [0, 0.05) is 30.4 Å². The molecule has 1 saturated heterocycles. The molecule has 1 aliphatic heterocycles. The number of benzene rings is 1. The van der Waals surface area contributed by atoms with Gasteiger partial charge in [-0.3, -0.25) is 9.69 Å². The monoisotopic (exact) mass is 396 g/mol. The number of phenolic OH excluding ortho intramolecular Hbond substituents is 1. The van der Waals surface area contributed by atoms with Gasteiger partial charge in [0.15, 0.2) is 0 Å². The number of likely N-dealkylation sites (tertiary alicyclic amines) is 1. The molecule has 4 nitrogen and oxygen atoms in total. The van der Waals surface area contributed by atoms with Gasteiger partial charge in [-0.1, -0.05) is 13.0 Å². The number of hydrogen-bond donors (Lipinski definition) is 1. The second-order valence-electron chi connectivity index (χ2n) is 9.09. The predicted molar refractivity (Wildman–Crippen MR) is 112 cm³/mol. The molecule has 1 amide bonds. The Kier molecular flexibility index (Phi) is 4.29. The summed E-state index contributed by atoms with van der Waals surface area (Å²) in [5.41, 5.74) is 3.20. The summed E-state index contributed by atoms with van der Waals surface area (Å²) in [6, 6.07) is 8.21. The van der Waals surface area contributed by atoms with Crippen molar-refractivity contribution in [3.8, 4) is 5.75 Å². The molecule has 2 aromatic rings. The van der Waals surface area contributed by atoms with E-state index in [2.05, 4.69) is 17.9 Å². The van der Waals surface area contributed by atoms with Crippen molar-refractivity contribution >= 4 is 17.2 Å². The molecule has 3 unspecified atom stereocenters. The number of thiophene rings is 1. The molecule has 0 spiro atoms. The molecule has 2 bridgehead atoms. The highest BCUT2D eigenvalue weighted by Gasteiger charge is 2.53. The number of fused-ring (bicyclic) bond motifs is 4. The fourth-order valence-corrected chi connectivity index (χ4v) is 6.24. The zero-order valence-electron chi connectivity index (χ0n) is 16.6. The van der Waals surface area contributed by atoms with Gasteiger partial charge in [0.05, 0.1) is 11.6 Å². The van der Waals surface area contributed by atoms with E-state index in [0.29, 0.717) is 11.8 Å². The molecule has 2 fully saturated rings. The van der Waals surface area contributed by atoms with Crippen molar-refractivity contribution in [2.24, 2.45) is 5.92 Å². The topological polar surface area (TPSA) is 43.8 Å². The minimum Gasteiger partial charge on any atom is -0.508 e. The molecular weight excluding hydrogens is 368 g/mol. The first kappa shape index (κ1) is 18.2. The number of amides is 1. The lowest BCUT2D eigenvalue weighted by atomic mass is 9.61. The Morgan fingerprint density at radius 1 is 1.36 bits per heavy atom. The smallest absolute Gasteiger partial charge is 0.254 e. The maximum Gasteiger partial charge on any atom is 0.254 e. The third-order valence-electron chi connectivity index (χ3n) is 7.24. The summed E-state index contributed by atoms with van der Waals surface area (Å²) in [6.07, 6.45) is 4.65. The molecule has 28 heavy (non-hydrogen) atoms. The predicted octanol–water partition coefficient (Wildman–Crippen LogP) is 3.89. The number of carbonyl (C=O) groups is 1. The van der Waals surface area contributed by atoms with Gasteiger partial charge in [-0.15, -0.1) is 0 Å². The van der Waals surface area contributed by atoms with Gasteiger partial charge in [-0.05, 0) is 72.9 Å². The van der Waals surface area contributed by atoms with Crippen LogP contribution in [0.4, 0.5) is 0 Å². The number of nitrogens with zero attached hydrogens (tertiary/aromatic N) is 2. The molecule has 0 radical (unpaired) electrons. The van der Waals surface area contributed by atoms with Crippen molar-refractivity contribution in [3.63, 3.8) is 0 Å². The van der Waals surface area contributed by atoms with Crippen LogP contribution in [0.15, 0.2) is 35.0 Å². The number of likely N-dealkylation sites (N-methyl/N-ethyl adjacent to an activating group) is 1. The number of rotatable bonds is 4. The molecule has 1 aromatic carbocycles. The Labute approximate surface area is 170 Å². The molecule has 3 atom stereocenters.